The topological polar surface area (TPSA) is 0 Å². The van der Waals surface area contributed by atoms with Gasteiger partial charge in [-0.1, -0.05) is 167 Å². The molecular formula is C35H66. The van der Waals surface area contributed by atoms with E-state index in [1.807, 2.05) is 11.1 Å². The van der Waals surface area contributed by atoms with E-state index in [-0.39, 0.29) is 0 Å². The van der Waals surface area contributed by atoms with Crippen molar-refractivity contribution in [2.75, 3.05) is 0 Å². The average Bonchev–Trinajstić information content (AvgIpc) is 3.25. The maximum atomic E-state index is 2.64. The highest BCUT2D eigenvalue weighted by atomic mass is 14.2. The summed E-state index contributed by atoms with van der Waals surface area (Å²) >= 11 is 0. The van der Waals surface area contributed by atoms with Gasteiger partial charge in [-0.25, -0.2) is 0 Å². The number of allylic oxidation sites excluding steroid dienone is 4. The van der Waals surface area contributed by atoms with Crippen molar-refractivity contribution in [3.8, 4) is 0 Å². The molecule has 0 amide bonds. The minimum atomic E-state index is 1.29. The first kappa shape index (κ1) is 32.5. The highest BCUT2D eigenvalue weighted by Gasteiger charge is 2.16. The number of hydrogen-bond donors (Lipinski definition) is 0. The predicted molar refractivity (Wildman–Crippen MR) is 161 cm³/mol. The Labute approximate surface area is 223 Å². The van der Waals surface area contributed by atoms with E-state index in [9.17, 15) is 0 Å². The fraction of sp³-hybridized carbons (Fsp3) is 0.886. The number of rotatable bonds is 27. The molecule has 0 aromatic heterocycles. The molecule has 1 aliphatic carbocycles. The first-order chi connectivity index (χ1) is 17.3. The van der Waals surface area contributed by atoms with E-state index >= 15 is 0 Å². The molecule has 1 rings (SSSR count). The highest BCUT2D eigenvalue weighted by Crippen LogP contribution is 2.36. The molecule has 35 heavy (non-hydrogen) atoms. The van der Waals surface area contributed by atoms with E-state index in [0.29, 0.717) is 0 Å². The van der Waals surface area contributed by atoms with Gasteiger partial charge in [-0.3, -0.25) is 0 Å². The van der Waals surface area contributed by atoms with E-state index in [2.05, 4.69) is 26.8 Å². The van der Waals surface area contributed by atoms with Gasteiger partial charge in [0.2, 0.25) is 0 Å². The Hall–Kier alpha value is -0.520. The molecule has 0 N–H and O–H groups in total. The average molecular weight is 487 g/mol. The van der Waals surface area contributed by atoms with Gasteiger partial charge in [0, 0.05) is 0 Å². The molecule has 0 aromatic carbocycles. The van der Waals surface area contributed by atoms with E-state index in [4.69, 9.17) is 0 Å². The second-order valence-corrected chi connectivity index (χ2v) is 11.7. The van der Waals surface area contributed by atoms with Gasteiger partial charge in [0.25, 0.3) is 0 Å². The summed E-state index contributed by atoms with van der Waals surface area (Å²) in [7, 11) is 0. The lowest BCUT2D eigenvalue weighted by Gasteiger charge is -2.13. The standard InChI is InChI=1S/C35H66/c1-4-7-10-13-16-18-20-23-26-29-34-32-31-33(28-25-22-19-15-12-9-6-3)35(34)30-27-24-21-17-14-11-8-5-2/h31H,4-30,32H2,1-3H3. The van der Waals surface area contributed by atoms with Gasteiger partial charge in [-0.05, 0) is 56.1 Å². The van der Waals surface area contributed by atoms with E-state index in [0.717, 1.165) is 0 Å². The minimum absolute atomic E-state index is 1.29. The third-order valence-corrected chi connectivity index (χ3v) is 8.32. The van der Waals surface area contributed by atoms with Crippen LogP contribution in [0.4, 0.5) is 0 Å². The van der Waals surface area contributed by atoms with Crippen LogP contribution < -0.4 is 0 Å². The first-order valence-electron chi connectivity index (χ1n) is 16.7. The Bertz CT molecular complexity index is 508. The van der Waals surface area contributed by atoms with Crippen LogP contribution in [-0.4, -0.2) is 0 Å². The summed E-state index contributed by atoms with van der Waals surface area (Å²) in [6, 6.07) is 0. The van der Waals surface area contributed by atoms with Gasteiger partial charge in [0.05, 0.1) is 0 Å². The second kappa shape index (κ2) is 25.1. The molecule has 0 unspecified atom stereocenters. The number of unbranched alkanes of at least 4 members (excludes halogenated alkanes) is 21. The lowest BCUT2D eigenvalue weighted by molar-refractivity contribution is 0.562. The van der Waals surface area contributed by atoms with E-state index < -0.39 is 0 Å². The zero-order valence-electron chi connectivity index (χ0n) is 24.9. The molecule has 0 aromatic rings. The fourth-order valence-corrected chi connectivity index (χ4v) is 5.92. The van der Waals surface area contributed by atoms with Crippen LogP contribution in [0.15, 0.2) is 22.8 Å². The zero-order chi connectivity index (χ0) is 25.2. The molecule has 0 heteroatoms. The van der Waals surface area contributed by atoms with Crippen LogP contribution in [0.25, 0.3) is 0 Å². The SMILES string of the molecule is CCCCCCCCCCCC1=C(CCCCCCCCCC)C(CCCCCCCCC)=CC1. The second-order valence-electron chi connectivity index (χ2n) is 11.7. The Morgan fingerprint density at radius 2 is 0.743 bits per heavy atom. The Morgan fingerprint density at radius 3 is 1.17 bits per heavy atom. The molecule has 0 nitrogen and oxygen atoms in total. The van der Waals surface area contributed by atoms with Gasteiger partial charge >= 0.3 is 0 Å². The molecule has 0 saturated heterocycles. The number of hydrogen-bond acceptors (Lipinski definition) is 0. The van der Waals surface area contributed by atoms with Crippen LogP contribution in [0.5, 0.6) is 0 Å². The van der Waals surface area contributed by atoms with E-state index in [1.165, 1.54) is 180 Å². The maximum absolute atomic E-state index is 2.64. The Morgan fingerprint density at radius 1 is 0.400 bits per heavy atom. The molecule has 0 spiro atoms. The first-order valence-corrected chi connectivity index (χ1v) is 16.7. The molecule has 0 saturated carbocycles. The van der Waals surface area contributed by atoms with Crippen molar-refractivity contribution < 1.29 is 0 Å². The van der Waals surface area contributed by atoms with Gasteiger partial charge in [-0.2, -0.15) is 0 Å². The Kier molecular flexibility index (Phi) is 23.4. The van der Waals surface area contributed by atoms with Crippen molar-refractivity contribution in [1.82, 2.24) is 0 Å². The van der Waals surface area contributed by atoms with Crippen LogP contribution in [0.2, 0.25) is 0 Å². The molecule has 1 aliphatic rings. The van der Waals surface area contributed by atoms with Gasteiger partial charge in [0.1, 0.15) is 0 Å². The summed E-state index contributed by atoms with van der Waals surface area (Å²) < 4.78 is 0. The third-order valence-electron chi connectivity index (χ3n) is 8.32. The highest BCUT2D eigenvalue weighted by molar-refractivity contribution is 5.42. The molecule has 0 atom stereocenters. The summed E-state index contributed by atoms with van der Waals surface area (Å²) in [5, 5.41) is 0. The van der Waals surface area contributed by atoms with Crippen molar-refractivity contribution in [3.05, 3.63) is 22.8 Å². The van der Waals surface area contributed by atoms with Crippen molar-refractivity contribution in [2.45, 2.75) is 201 Å². The van der Waals surface area contributed by atoms with Crippen LogP contribution >= 0.6 is 0 Å². The fourth-order valence-electron chi connectivity index (χ4n) is 5.92. The van der Waals surface area contributed by atoms with Crippen LogP contribution in [-0.2, 0) is 0 Å². The molecule has 0 radical (unpaired) electrons. The molecular weight excluding hydrogens is 420 g/mol. The summed E-state index contributed by atoms with van der Waals surface area (Å²) in [4.78, 5) is 0. The largest absolute Gasteiger partial charge is 0.0770 e. The van der Waals surface area contributed by atoms with Crippen molar-refractivity contribution in [2.24, 2.45) is 0 Å². The summed E-state index contributed by atoms with van der Waals surface area (Å²) in [6.45, 7) is 6.95. The van der Waals surface area contributed by atoms with Crippen molar-refractivity contribution in [3.63, 3.8) is 0 Å². The smallest absolute Gasteiger partial charge is 0.0127 e. The molecule has 0 aliphatic heterocycles. The van der Waals surface area contributed by atoms with Gasteiger partial charge in [-0.15, -0.1) is 0 Å². The summed E-state index contributed by atoms with van der Waals surface area (Å²) in [5.74, 6) is 0. The minimum Gasteiger partial charge on any atom is -0.0770 e. The normalized spacial score (nSPS) is 13.7. The van der Waals surface area contributed by atoms with E-state index in [1.54, 1.807) is 5.57 Å². The third kappa shape index (κ3) is 18.4. The van der Waals surface area contributed by atoms with Crippen LogP contribution in [0.3, 0.4) is 0 Å². The monoisotopic (exact) mass is 487 g/mol. The summed E-state index contributed by atoms with van der Waals surface area (Å²) in [6.07, 6.45) is 42.6. The van der Waals surface area contributed by atoms with Crippen LogP contribution in [0, 0.1) is 0 Å². The van der Waals surface area contributed by atoms with Gasteiger partial charge in [0.15, 0.2) is 0 Å². The molecule has 0 fully saturated rings. The summed E-state index contributed by atoms with van der Waals surface area (Å²) in [5.41, 5.74) is 5.45. The van der Waals surface area contributed by atoms with Crippen LogP contribution in [0.1, 0.15) is 201 Å². The Balaban J connectivity index is 2.33. The zero-order valence-corrected chi connectivity index (χ0v) is 24.9. The van der Waals surface area contributed by atoms with Gasteiger partial charge < -0.3 is 0 Å². The predicted octanol–water partition coefficient (Wildman–Crippen LogP) is 13.2. The maximum Gasteiger partial charge on any atom is -0.0127 e. The molecule has 0 heterocycles. The van der Waals surface area contributed by atoms with Crippen molar-refractivity contribution >= 4 is 0 Å². The van der Waals surface area contributed by atoms with Crippen molar-refractivity contribution in [1.29, 1.82) is 0 Å². The lowest BCUT2D eigenvalue weighted by atomic mass is 9.93. The molecule has 0 bridgehead atoms. The molecule has 206 valence electrons. The lowest BCUT2D eigenvalue weighted by Crippen LogP contribution is -1.94. The quantitative estimate of drug-likeness (QED) is 0.101.